The molecule has 0 saturated heterocycles. The molecule has 3 aromatic rings. The number of methoxy groups -OCH3 is 1. The highest BCUT2D eigenvalue weighted by atomic mass is 79.9. The number of rotatable bonds is 10. The number of hydrogen-bond acceptors (Lipinski definition) is 5. The van der Waals surface area contributed by atoms with Crippen LogP contribution in [0.25, 0.3) is 0 Å². The number of amides is 2. The lowest BCUT2D eigenvalue weighted by Gasteiger charge is -2.33. The van der Waals surface area contributed by atoms with Crippen molar-refractivity contribution in [3.8, 4) is 5.75 Å². The van der Waals surface area contributed by atoms with Crippen molar-refractivity contribution in [2.75, 3.05) is 18.0 Å². The molecular weight excluding hydrogens is 665 g/mol. The molecule has 0 radical (unpaired) electrons. The number of anilines is 1. The molecule has 0 heterocycles. The number of benzene rings is 3. The lowest BCUT2D eigenvalue weighted by Crippen LogP contribution is -2.54. The fourth-order valence-electron chi connectivity index (χ4n) is 4.06. The molecular formula is C30H34BrCl2N3O5S. The van der Waals surface area contributed by atoms with Gasteiger partial charge in [0, 0.05) is 22.1 Å². The van der Waals surface area contributed by atoms with Crippen molar-refractivity contribution in [2.24, 2.45) is 0 Å². The third-order valence-corrected chi connectivity index (χ3v) is 9.31. The molecule has 1 atom stereocenters. The van der Waals surface area contributed by atoms with Gasteiger partial charge in [-0.05, 0) is 98.6 Å². The zero-order valence-corrected chi connectivity index (χ0v) is 28.2. The monoisotopic (exact) mass is 697 g/mol. The van der Waals surface area contributed by atoms with Crippen molar-refractivity contribution in [3.05, 3.63) is 86.3 Å². The normalized spacial score (nSPS) is 12.4. The van der Waals surface area contributed by atoms with E-state index in [1.54, 1.807) is 49.4 Å². The molecule has 2 amide bonds. The van der Waals surface area contributed by atoms with Crippen molar-refractivity contribution >= 4 is 66.7 Å². The molecule has 0 unspecified atom stereocenters. The minimum atomic E-state index is -4.25. The van der Waals surface area contributed by atoms with Crippen LogP contribution in [0.4, 0.5) is 5.69 Å². The third kappa shape index (κ3) is 8.40. The number of halogens is 3. The lowest BCUT2D eigenvalue weighted by atomic mass is 10.1. The van der Waals surface area contributed by atoms with Crippen molar-refractivity contribution in [1.82, 2.24) is 10.2 Å². The molecule has 8 nitrogen and oxygen atoms in total. The first-order valence-corrected chi connectivity index (χ1v) is 16.0. The average Bonchev–Trinajstić information content (AvgIpc) is 2.90. The summed E-state index contributed by atoms with van der Waals surface area (Å²) in [7, 11) is -2.77. The maximum absolute atomic E-state index is 14.1. The van der Waals surface area contributed by atoms with Crippen LogP contribution < -0.4 is 14.4 Å². The molecule has 0 spiro atoms. The van der Waals surface area contributed by atoms with E-state index in [2.05, 4.69) is 21.2 Å². The molecule has 1 N–H and O–H groups in total. The van der Waals surface area contributed by atoms with Gasteiger partial charge in [0.05, 0.1) is 22.2 Å². The largest absolute Gasteiger partial charge is 0.496 e. The predicted octanol–water partition coefficient (Wildman–Crippen LogP) is 6.60. The Bertz CT molecular complexity index is 1560. The standard InChI is InChI=1S/C30H34BrCl2N3O5S/c1-19-7-11-23(12-8-19)36(42(39,40)24-13-14-27(41-6)25(31)16-24)18-28(37)35(20(2)29(38)34-30(3,4)5)17-21-9-10-22(32)15-26(21)33/h7-16,20H,17-18H2,1-6H3,(H,34,38)/t20-/m0/s1. The summed E-state index contributed by atoms with van der Waals surface area (Å²) in [6.07, 6.45) is 0. The van der Waals surface area contributed by atoms with Crippen molar-refractivity contribution < 1.29 is 22.7 Å². The summed E-state index contributed by atoms with van der Waals surface area (Å²) in [5.74, 6) is -0.546. The van der Waals surface area contributed by atoms with Crippen LogP contribution in [0, 0.1) is 6.92 Å². The van der Waals surface area contributed by atoms with Crippen LogP contribution >= 0.6 is 39.1 Å². The van der Waals surface area contributed by atoms with Crippen LogP contribution in [-0.2, 0) is 26.2 Å². The number of ether oxygens (including phenoxy) is 1. The first-order valence-electron chi connectivity index (χ1n) is 13.0. The number of aryl methyl sites for hydroxylation is 1. The zero-order chi connectivity index (χ0) is 31.4. The molecule has 0 saturated carbocycles. The molecule has 0 aliphatic heterocycles. The minimum Gasteiger partial charge on any atom is -0.496 e. The fourth-order valence-corrected chi connectivity index (χ4v) is 6.67. The van der Waals surface area contributed by atoms with Crippen LogP contribution in [-0.4, -0.2) is 50.4 Å². The predicted molar refractivity (Wildman–Crippen MR) is 171 cm³/mol. The van der Waals surface area contributed by atoms with Gasteiger partial charge in [-0.3, -0.25) is 13.9 Å². The number of carbonyl (C=O) groups is 2. The Morgan fingerprint density at radius 2 is 1.67 bits per heavy atom. The quantitative estimate of drug-likeness (QED) is 0.258. The summed E-state index contributed by atoms with van der Waals surface area (Å²) in [5, 5.41) is 3.63. The summed E-state index contributed by atoms with van der Waals surface area (Å²) >= 11 is 15.9. The molecule has 0 bridgehead atoms. The second kappa shape index (κ2) is 13.7. The molecule has 0 fully saturated rings. The third-order valence-electron chi connectivity index (χ3n) is 6.33. The van der Waals surface area contributed by atoms with E-state index in [1.165, 1.54) is 30.2 Å². The van der Waals surface area contributed by atoms with Crippen LogP contribution in [0.3, 0.4) is 0 Å². The smallest absolute Gasteiger partial charge is 0.264 e. The highest BCUT2D eigenvalue weighted by Gasteiger charge is 2.34. The average molecular weight is 699 g/mol. The van der Waals surface area contributed by atoms with E-state index in [0.29, 0.717) is 25.8 Å². The van der Waals surface area contributed by atoms with E-state index < -0.39 is 40.0 Å². The van der Waals surface area contributed by atoms with E-state index in [4.69, 9.17) is 27.9 Å². The number of carbonyl (C=O) groups excluding carboxylic acids is 2. The van der Waals surface area contributed by atoms with Gasteiger partial charge in [-0.1, -0.05) is 47.0 Å². The van der Waals surface area contributed by atoms with Gasteiger partial charge in [-0.25, -0.2) is 8.42 Å². The summed E-state index contributed by atoms with van der Waals surface area (Å²) in [4.78, 5) is 28.6. The summed E-state index contributed by atoms with van der Waals surface area (Å²) in [5.41, 5.74) is 1.20. The Hall–Kier alpha value is -2.79. The maximum Gasteiger partial charge on any atom is 0.264 e. The van der Waals surface area contributed by atoms with Gasteiger partial charge in [0.2, 0.25) is 11.8 Å². The molecule has 226 valence electrons. The van der Waals surface area contributed by atoms with Crippen LogP contribution in [0.5, 0.6) is 5.75 Å². The number of nitrogens with zero attached hydrogens (tertiary/aromatic N) is 2. The first-order chi connectivity index (χ1) is 19.5. The van der Waals surface area contributed by atoms with Gasteiger partial charge in [0.1, 0.15) is 18.3 Å². The van der Waals surface area contributed by atoms with Crippen LogP contribution in [0.2, 0.25) is 10.0 Å². The van der Waals surface area contributed by atoms with Crippen LogP contribution in [0.15, 0.2) is 70.0 Å². The summed E-state index contributed by atoms with van der Waals surface area (Å²) < 4.78 is 34.8. The Morgan fingerprint density at radius 3 is 2.21 bits per heavy atom. The number of sulfonamides is 1. The Kier molecular flexibility index (Phi) is 11.0. The Labute approximate surface area is 266 Å². The number of hydrogen-bond donors (Lipinski definition) is 1. The maximum atomic E-state index is 14.1. The Morgan fingerprint density at radius 1 is 1.02 bits per heavy atom. The summed E-state index contributed by atoms with van der Waals surface area (Å²) in [6, 6.07) is 15.0. The van der Waals surface area contributed by atoms with Gasteiger partial charge >= 0.3 is 0 Å². The summed E-state index contributed by atoms with van der Waals surface area (Å²) in [6.45, 7) is 8.34. The molecule has 3 rings (SSSR count). The van der Waals surface area contributed by atoms with Crippen LogP contribution in [0.1, 0.15) is 38.8 Å². The molecule has 3 aromatic carbocycles. The second-order valence-corrected chi connectivity index (χ2v) is 14.4. The van der Waals surface area contributed by atoms with Gasteiger partial charge in [-0.2, -0.15) is 0 Å². The van der Waals surface area contributed by atoms with E-state index >= 15 is 0 Å². The molecule has 42 heavy (non-hydrogen) atoms. The van der Waals surface area contributed by atoms with Crippen molar-refractivity contribution in [3.63, 3.8) is 0 Å². The second-order valence-electron chi connectivity index (χ2n) is 10.8. The topological polar surface area (TPSA) is 96.0 Å². The van der Waals surface area contributed by atoms with E-state index in [-0.39, 0.29) is 17.1 Å². The van der Waals surface area contributed by atoms with Crippen molar-refractivity contribution in [2.45, 2.75) is 57.6 Å². The Balaban J connectivity index is 2.08. The molecule has 0 aliphatic rings. The molecule has 0 aromatic heterocycles. The molecule has 12 heteroatoms. The highest BCUT2D eigenvalue weighted by Crippen LogP contribution is 2.31. The van der Waals surface area contributed by atoms with Gasteiger partial charge in [-0.15, -0.1) is 0 Å². The van der Waals surface area contributed by atoms with E-state index in [0.717, 1.165) is 9.87 Å². The lowest BCUT2D eigenvalue weighted by molar-refractivity contribution is -0.140. The van der Waals surface area contributed by atoms with Gasteiger partial charge in [0.15, 0.2) is 0 Å². The number of nitrogens with one attached hydrogen (secondary N) is 1. The van der Waals surface area contributed by atoms with Gasteiger partial charge in [0.25, 0.3) is 10.0 Å². The zero-order valence-electron chi connectivity index (χ0n) is 24.2. The fraction of sp³-hybridized carbons (Fsp3) is 0.333. The highest BCUT2D eigenvalue weighted by molar-refractivity contribution is 9.10. The molecule has 0 aliphatic carbocycles. The minimum absolute atomic E-state index is 0.0469. The van der Waals surface area contributed by atoms with E-state index in [1.807, 2.05) is 27.7 Å². The van der Waals surface area contributed by atoms with Crippen molar-refractivity contribution in [1.29, 1.82) is 0 Å². The van der Waals surface area contributed by atoms with E-state index in [9.17, 15) is 18.0 Å². The van der Waals surface area contributed by atoms with Gasteiger partial charge < -0.3 is 15.0 Å². The first kappa shape index (κ1) is 33.7. The SMILES string of the molecule is COc1ccc(S(=O)(=O)N(CC(=O)N(Cc2ccc(Cl)cc2Cl)[C@@H](C)C(=O)NC(C)(C)C)c2ccc(C)cc2)cc1Br.